The first-order valence-corrected chi connectivity index (χ1v) is 36.1. The average Bonchev–Trinajstić information content (AvgIpc) is 0.828. The molecule has 9 unspecified atom stereocenters. The molecule has 0 heterocycles. The summed E-state index contributed by atoms with van der Waals surface area (Å²) in [5.41, 5.74) is -46.2. The van der Waals surface area contributed by atoms with Crippen LogP contribution in [0.1, 0.15) is 142 Å². The van der Waals surface area contributed by atoms with Gasteiger partial charge < -0.3 is 64.5 Å². The molecular formula is C78H83F39O17. The molecule has 0 saturated heterocycles. The van der Waals surface area contributed by atoms with Crippen molar-refractivity contribution >= 4 is 36.0 Å². The van der Waals surface area contributed by atoms with Crippen LogP contribution < -0.4 is 4.74 Å². The summed E-state index contributed by atoms with van der Waals surface area (Å²) in [7, 11) is 0. The zero-order valence-electron chi connectivity index (χ0n) is 70.6. The molecule has 1 aliphatic carbocycles. The van der Waals surface area contributed by atoms with Crippen LogP contribution >= 0.6 is 0 Å². The molecule has 770 valence electrons. The van der Waals surface area contributed by atoms with Gasteiger partial charge in [-0.1, -0.05) is 88.0 Å². The first kappa shape index (κ1) is 127. The molecule has 1 aliphatic rings. The van der Waals surface area contributed by atoms with Crippen molar-refractivity contribution in [2.45, 2.75) is 257 Å². The van der Waals surface area contributed by atoms with Crippen LogP contribution in [0.25, 0.3) is 12.2 Å². The Morgan fingerprint density at radius 1 is 0.381 bits per heavy atom. The van der Waals surface area contributed by atoms with Gasteiger partial charge in [-0.3, -0.25) is 0 Å². The highest BCUT2D eigenvalue weighted by Gasteiger charge is 2.80. The number of hydrogen-bond donors (Lipinski definition) is 8. The number of halogens is 39. The van der Waals surface area contributed by atoms with Gasteiger partial charge in [-0.05, 0) is 155 Å². The van der Waals surface area contributed by atoms with Gasteiger partial charge in [0.1, 0.15) is 24.6 Å². The standard InChI is InChI=1S/C16H19F9O4.C16H16F6O3.C14H11F9O2.C12H10F6O2.C10H12F6O3.C10H15F3O3/c1-7(2)11(26)29-10-5-8(12(3,27)14(17,18)19)4-9(6-10)13(28,15(20,21)22)16(23,24)25;1-9(2)12(23)25-14(4,16(20,21)22)11-7-5-10(6-8-11)13(3,24)15(17,18)19;1-3-7-4-8(10(2,24)12(15,16)17)6-9(5-7)11(25,13(18,19)20)14(21,22)23;1-2-8-3-5-9(6-4-8)20-7-10(19,11(13,14)15)12(16,17)18;1-5(2)6(17)19-7(3,4)8(18,9(11,12)13)10(14,15)16;1-6(2)8(14)16-7(3)5-9(4,15)10(11,12)13/h8-10,27-28H,1,4-6H2,2-3H3;5-8,24H,1H2,2-4H3;3-6,24-25H,1H2,2H3;2-6,19H,1,7H2;18H,1H2,2-4H3;7,15H,1,5H2,2-4H3. The van der Waals surface area contributed by atoms with Gasteiger partial charge in [0.2, 0.25) is 5.60 Å². The smallest absolute Gasteiger partial charge is 0.432 e. The topological polar surface area (TPSA) is 276 Å². The highest BCUT2D eigenvalue weighted by molar-refractivity contribution is 5.88. The molecule has 56 heteroatoms. The van der Waals surface area contributed by atoms with E-state index in [2.05, 4.69) is 63.2 Å². The summed E-state index contributed by atoms with van der Waals surface area (Å²) in [6, 6.07) is 8.45. The first-order chi connectivity index (χ1) is 58.6. The molecule has 134 heavy (non-hydrogen) atoms. The lowest BCUT2D eigenvalue weighted by molar-refractivity contribution is -0.407. The Bertz CT molecular complexity index is 4450. The number of rotatable bonds is 22. The second kappa shape index (κ2) is 42.8. The number of alkyl halides is 39. The Kier molecular flexibility index (Phi) is 40.5. The van der Waals surface area contributed by atoms with Gasteiger partial charge in [-0.2, -0.15) is 171 Å². The van der Waals surface area contributed by atoms with Crippen molar-refractivity contribution in [3.63, 3.8) is 0 Å². The van der Waals surface area contributed by atoms with E-state index in [-0.39, 0.29) is 48.4 Å². The maximum atomic E-state index is 13.4. The third-order valence-corrected chi connectivity index (χ3v) is 19.2. The van der Waals surface area contributed by atoms with Crippen molar-refractivity contribution in [3.8, 4) is 5.75 Å². The molecule has 0 aliphatic heterocycles. The number of hydrogen-bond acceptors (Lipinski definition) is 17. The molecule has 8 N–H and O–H groups in total. The number of esters is 4. The quantitative estimate of drug-likeness (QED) is 0.0201. The van der Waals surface area contributed by atoms with Gasteiger partial charge in [0.15, 0.2) is 28.0 Å². The van der Waals surface area contributed by atoms with Crippen molar-refractivity contribution in [1.82, 2.24) is 0 Å². The fraction of sp³-hybridized carbons (Fsp3) is 0.564. The van der Waals surface area contributed by atoms with Gasteiger partial charge in [0.25, 0.3) is 22.4 Å². The van der Waals surface area contributed by atoms with Crippen LogP contribution in [0.3, 0.4) is 0 Å². The summed E-state index contributed by atoms with van der Waals surface area (Å²) >= 11 is 0. The Labute approximate surface area is 732 Å². The summed E-state index contributed by atoms with van der Waals surface area (Å²) in [5, 5.41) is 74.9. The Balaban J connectivity index is 0. The molecule has 9 atom stereocenters. The van der Waals surface area contributed by atoms with E-state index in [1.54, 1.807) is 0 Å². The lowest BCUT2D eigenvalue weighted by atomic mass is 9.66. The third-order valence-electron chi connectivity index (χ3n) is 19.2. The van der Waals surface area contributed by atoms with Gasteiger partial charge in [-0.15, -0.1) is 0 Å². The fourth-order valence-electron chi connectivity index (χ4n) is 10.5. The minimum atomic E-state index is -6.29. The van der Waals surface area contributed by atoms with E-state index in [0.717, 1.165) is 20.8 Å². The summed E-state index contributed by atoms with van der Waals surface area (Å²) in [6.45, 7) is 25.8. The number of ether oxygens (including phenoxy) is 5. The zero-order chi connectivity index (χ0) is 108. The van der Waals surface area contributed by atoms with Crippen molar-refractivity contribution in [1.29, 1.82) is 0 Å². The normalized spacial score (nSPS) is 18.1. The predicted octanol–water partition coefficient (Wildman–Crippen LogP) is 21.3. The second-order valence-corrected chi connectivity index (χ2v) is 30.8. The van der Waals surface area contributed by atoms with E-state index in [9.17, 15) is 216 Å². The van der Waals surface area contributed by atoms with Crippen LogP contribution in [0.15, 0.2) is 128 Å². The number of carbonyl (C=O) groups is 4. The molecule has 1 fully saturated rings. The lowest BCUT2D eigenvalue weighted by Gasteiger charge is -2.47. The molecule has 0 bridgehead atoms. The van der Waals surface area contributed by atoms with Crippen molar-refractivity contribution < 1.29 is 255 Å². The fourth-order valence-corrected chi connectivity index (χ4v) is 10.5. The van der Waals surface area contributed by atoms with Crippen molar-refractivity contribution in [3.05, 3.63) is 162 Å². The van der Waals surface area contributed by atoms with Gasteiger partial charge in [0.05, 0.1) is 0 Å². The van der Waals surface area contributed by atoms with E-state index in [4.69, 9.17) is 15.3 Å². The van der Waals surface area contributed by atoms with Crippen LogP contribution in [0.5, 0.6) is 5.75 Å². The summed E-state index contributed by atoms with van der Waals surface area (Å²) in [5.74, 6) is -10.1. The Morgan fingerprint density at radius 2 is 0.731 bits per heavy atom. The number of aliphatic hydroxyl groups is 8. The molecule has 17 nitrogen and oxygen atoms in total. The predicted molar refractivity (Wildman–Crippen MR) is 387 cm³/mol. The first-order valence-electron chi connectivity index (χ1n) is 36.1. The largest absolute Gasteiger partial charge is 0.490 e. The third kappa shape index (κ3) is 30.1. The molecule has 1 saturated carbocycles. The molecule has 0 amide bonds. The molecule has 4 rings (SSSR count). The Hall–Kier alpha value is -9.27. The summed E-state index contributed by atoms with van der Waals surface area (Å²) < 4.78 is 522. The molecule has 0 aromatic heterocycles. The highest BCUT2D eigenvalue weighted by Crippen LogP contribution is 2.58. The average molecular weight is 2030 g/mol. The van der Waals surface area contributed by atoms with Crippen LogP contribution in [0.2, 0.25) is 0 Å². The van der Waals surface area contributed by atoms with E-state index in [0.29, 0.717) is 76.6 Å². The van der Waals surface area contributed by atoms with Crippen LogP contribution in [-0.4, -0.2) is 197 Å². The van der Waals surface area contributed by atoms with E-state index < -0.39 is 250 Å². The van der Waals surface area contributed by atoms with Crippen LogP contribution in [0, 0.1) is 11.8 Å². The molecular weight excluding hydrogens is 1950 g/mol. The maximum Gasteiger partial charge on any atom is 0.432 e. The number of benzene rings is 3. The van der Waals surface area contributed by atoms with Gasteiger partial charge >= 0.3 is 104 Å². The summed E-state index contributed by atoms with van der Waals surface area (Å²) in [6.07, 6.45) is -79.8. The van der Waals surface area contributed by atoms with E-state index in [1.807, 2.05) is 0 Å². The Morgan fingerprint density at radius 3 is 1.04 bits per heavy atom. The highest BCUT2D eigenvalue weighted by atomic mass is 19.5. The second-order valence-electron chi connectivity index (χ2n) is 30.8. The maximum absolute atomic E-state index is 13.4. The number of carbonyl (C=O) groups excluding carboxylic acids is 4. The van der Waals surface area contributed by atoms with E-state index in [1.165, 1.54) is 44.2 Å². The molecule has 0 radical (unpaired) electrons. The van der Waals surface area contributed by atoms with Crippen LogP contribution in [0.4, 0.5) is 171 Å². The van der Waals surface area contributed by atoms with Gasteiger partial charge in [-0.25, -0.2) is 19.2 Å². The molecule has 3 aromatic carbocycles. The van der Waals surface area contributed by atoms with Crippen molar-refractivity contribution in [2.75, 3.05) is 6.61 Å². The summed E-state index contributed by atoms with van der Waals surface area (Å²) in [4.78, 5) is 45.2. The molecule has 3 aromatic rings. The zero-order valence-corrected chi connectivity index (χ0v) is 70.6. The monoisotopic (exact) mass is 2030 g/mol. The minimum absolute atomic E-state index is 0.0958. The van der Waals surface area contributed by atoms with Gasteiger partial charge in [0, 0.05) is 51.7 Å². The lowest BCUT2D eigenvalue weighted by Crippen LogP contribution is -2.69. The SMILES string of the molecule is C=C(C)C(=O)OC(C)(C)C(O)(C(F)(F)F)C(F)(F)F.C=C(C)C(=O)OC(C)(c1ccc(C(C)(O)C(F)(F)F)cc1)C(F)(F)F.C=C(C)C(=O)OC(C)CC(C)(O)C(F)(F)F.C=C(C)C(=O)OC1CC(C(C)(O)C(F)(F)F)CC(C(O)(C(F)(F)F)C(F)(F)F)C1.C=Cc1cc(C(C)(O)C(F)(F)F)cc(C(O)(C(F)(F)F)C(F)(F)F)c1.C=Cc1ccc(OCC(O)(C(F)(F)F)C(F)(F)F)cc1. The van der Waals surface area contributed by atoms with E-state index >= 15 is 0 Å². The van der Waals surface area contributed by atoms with Crippen molar-refractivity contribution in [2.24, 2.45) is 11.8 Å². The molecule has 0 spiro atoms. The van der Waals surface area contributed by atoms with Crippen LogP contribution in [-0.2, 0) is 60.5 Å². The minimum Gasteiger partial charge on any atom is -0.490 e.